The molecule has 1 saturated heterocycles. The lowest BCUT2D eigenvalue weighted by Crippen LogP contribution is -2.41. The van der Waals surface area contributed by atoms with E-state index in [-0.39, 0.29) is 5.75 Å². The Labute approximate surface area is 111 Å². The van der Waals surface area contributed by atoms with E-state index in [1.165, 1.54) is 12.8 Å². The van der Waals surface area contributed by atoms with Crippen molar-refractivity contribution in [3.63, 3.8) is 0 Å². The Morgan fingerprint density at radius 1 is 1.22 bits per heavy atom. The Hall–Kier alpha value is -0.170. The van der Waals surface area contributed by atoms with Crippen molar-refractivity contribution in [2.75, 3.05) is 39.0 Å². The number of sulfonamides is 1. The highest BCUT2D eigenvalue weighted by atomic mass is 32.2. The van der Waals surface area contributed by atoms with Gasteiger partial charge in [-0.15, -0.1) is 0 Å². The summed E-state index contributed by atoms with van der Waals surface area (Å²) in [5.41, 5.74) is 0. The molecule has 0 amide bonds. The lowest BCUT2D eigenvalue weighted by Gasteiger charge is -2.23. The van der Waals surface area contributed by atoms with Gasteiger partial charge in [-0.05, 0) is 59.3 Å². The molecule has 18 heavy (non-hydrogen) atoms. The maximum absolute atomic E-state index is 11.8. The van der Waals surface area contributed by atoms with E-state index in [1.807, 2.05) is 7.05 Å². The third-order valence-corrected chi connectivity index (χ3v) is 4.89. The van der Waals surface area contributed by atoms with Crippen LogP contribution in [0.1, 0.15) is 32.6 Å². The fourth-order valence-electron chi connectivity index (χ4n) is 2.23. The molecule has 0 aliphatic carbocycles. The summed E-state index contributed by atoms with van der Waals surface area (Å²) in [7, 11) is -1.21. The molecule has 1 rings (SSSR count). The maximum atomic E-state index is 11.8. The van der Waals surface area contributed by atoms with E-state index in [9.17, 15) is 8.42 Å². The summed E-state index contributed by atoms with van der Waals surface area (Å²) in [5.74, 6) is 0.238. The smallest absolute Gasteiger partial charge is 0.211 e. The molecule has 0 aromatic carbocycles. The van der Waals surface area contributed by atoms with Gasteiger partial charge in [0.05, 0.1) is 5.75 Å². The molecule has 1 atom stereocenters. The summed E-state index contributed by atoms with van der Waals surface area (Å²) >= 11 is 0. The molecule has 5 nitrogen and oxygen atoms in total. The van der Waals surface area contributed by atoms with Crippen LogP contribution >= 0.6 is 0 Å². The average molecular weight is 277 g/mol. The molecule has 1 aliphatic heterocycles. The van der Waals surface area contributed by atoms with E-state index >= 15 is 0 Å². The monoisotopic (exact) mass is 277 g/mol. The first kappa shape index (κ1) is 15.9. The minimum atomic E-state index is -3.09. The second-order valence-electron chi connectivity index (χ2n) is 5.07. The molecule has 0 spiro atoms. The number of hydrogen-bond acceptors (Lipinski definition) is 4. The number of unbranched alkanes of at least 4 members (excludes halogenated alkanes) is 1. The number of nitrogens with one attached hydrogen (secondary N) is 2. The van der Waals surface area contributed by atoms with Gasteiger partial charge in [0.2, 0.25) is 10.0 Å². The van der Waals surface area contributed by atoms with Crippen LogP contribution in [0.4, 0.5) is 0 Å². The van der Waals surface area contributed by atoms with E-state index < -0.39 is 10.0 Å². The quantitative estimate of drug-likeness (QED) is 0.599. The molecule has 1 fully saturated rings. The average Bonchev–Trinajstić information content (AvgIpc) is 2.86. The molecule has 2 N–H and O–H groups in total. The first-order valence-electron chi connectivity index (χ1n) is 6.91. The standard InChI is InChI=1S/C12H27N3O2S/c1-12(15-8-4-5-9-15)11-14-18(16,17)10-6-3-7-13-2/h12-14H,3-11H2,1-2H3. The van der Waals surface area contributed by atoms with Crippen LogP contribution in [0.2, 0.25) is 0 Å². The fraction of sp³-hybridized carbons (Fsp3) is 1.00. The van der Waals surface area contributed by atoms with Crippen LogP contribution in [0, 0.1) is 0 Å². The number of nitrogens with zero attached hydrogens (tertiary/aromatic N) is 1. The first-order valence-corrected chi connectivity index (χ1v) is 8.56. The van der Waals surface area contributed by atoms with Gasteiger partial charge in [0, 0.05) is 12.6 Å². The first-order chi connectivity index (χ1) is 8.55. The highest BCUT2D eigenvalue weighted by molar-refractivity contribution is 7.89. The molecule has 108 valence electrons. The van der Waals surface area contributed by atoms with Gasteiger partial charge in [-0.25, -0.2) is 13.1 Å². The molecule has 6 heteroatoms. The van der Waals surface area contributed by atoms with Crippen LogP contribution in [0.15, 0.2) is 0 Å². The molecule has 0 aromatic heterocycles. The Morgan fingerprint density at radius 3 is 2.50 bits per heavy atom. The van der Waals surface area contributed by atoms with Gasteiger partial charge in [-0.2, -0.15) is 0 Å². The zero-order valence-corrected chi connectivity index (χ0v) is 12.4. The molecule has 0 radical (unpaired) electrons. The second-order valence-corrected chi connectivity index (χ2v) is 7.00. The van der Waals surface area contributed by atoms with E-state index in [1.54, 1.807) is 0 Å². The van der Waals surface area contributed by atoms with Crippen molar-refractivity contribution in [3.8, 4) is 0 Å². The zero-order chi connectivity index (χ0) is 13.4. The topological polar surface area (TPSA) is 61.4 Å². The minimum Gasteiger partial charge on any atom is -0.320 e. The number of rotatable bonds is 9. The van der Waals surface area contributed by atoms with E-state index in [4.69, 9.17) is 0 Å². The van der Waals surface area contributed by atoms with Crippen molar-refractivity contribution < 1.29 is 8.42 Å². The third kappa shape index (κ3) is 6.13. The Kier molecular flexibility index (Phi) is 7.14. The van der Waals surface area contributed by atoms with Gasteiger partial charge < -0.3 is 5.32 Å². The lowest BCUT2D eigenvalue weighted by molar-refractivity contribution is 0.260. The van der Waals surface area contributed by atoms with Crippen LogP contribution in [0.5, 0.6) is 0 Å². The van der Waals surface area contributed by atoms with E-state index in [0.29, 0.717) is 19.0 Å². The van der Waals surface area contributed by atoms with Crippen LogP contribution in [0.25, 0.3) is 0 Å². The van der Waals surface area contributed by atoms with E-state index in [0.717, 1.165) is 26.1 Å². The predicted molar refractivity (Wildman–Crippen MR) is 75.2 cm³/mol. The van der Waals surface area contributed by atoms with Gasteiger partial charge in [-0.3, -0.25) is 4.90 Å². The fourth-order valence-corrected chi connectivity index (χ4v) is 3.45. The van der Waals surface area contributed by atoms with Crippen LogP contribution in [-0.4, -0.2) is 58.3 Å². The minimum absolute atomic E-state index is 0.238. The summed E-state index contributed by atoms with van der Waals surface area (Å²) < 4.78 is 26.2. The number of likely N-dealkylation sites (tertiary alicyclic amines) is 1. The highest BCUT2D eigenvalue weighted by Crippen LogP contribution is 2.10. The van der Waals surface area contributed by atoms with Gasteiger partial charge in [-0.1, -0.05) is 0 Å². The summed E-state index contributed by atoms with van der Waals surface area (Å²) in [6.07, 6.45) is 4.09. The predicted octanol–water partition coefficient (Wildman–Crippen LogP) is 0.390. The Bertz CT molecular complexity index is 313. The van der Waals surface area contributed by atoms with Crippen molar-refractivity contribution in [3.05, 3.63) is 0 Å². The van der Waals surface area contributed by atoms with Crippen molar-refractivity contribution in [1.29, 1.82) is 0 Å². The molecule has 1 unspecified atom stereocenters. The maximum Gasteiger partial charge on any atom is 0.211 e. The summed E-state index contributed by atoms with van der Waals surface area (Å²) in [6, 6.07) is 0.305. The molecular formula is C12H27N3O2S. The summed E-state index contributed by atoms with van der Waals surface area (Å²) in [6.45, 7) is 5.71. The molecule has 0 bridgehead atoms. The van der Waals surface area contributed by atoms with Crippen LogP contribution in [0.3, 0.4) is 0 Å². The van der Waals surface area contributed by atoms with Crippen LogP contribution < -0.4 is 10.0 Å². The molecule has 1 heterocycles. The molecule has 0 aromatic rings. The highest BCUT2D eigenvalue weighted by Gasteiger charge is 2.19. The Balaban J connectivity index is 2.19. The zero-order valence-electron chi connectivity index (χ0n) is 11.6. The number of hydrogen-bond donors (Lipinski definition) is 2. The Morgan fingerprint density at radius 2 is 1.89 bits per heavy atom. The van der Waals surface area contributed by atoms with Crippen LogP contribution in [-0.2, 0) is 10.0 Å². The summed E-state index contributed by atoms with van der Waals surface area (Å²) in [5, 5.41) is 3.02. The SMILES string of the molecule is CNCCCCS(=O)(=O)NCC(C)N1CCCC1. The largest absolute Gasteiger partial charge is 0.320 e. The van der Waals surface area contributed by atoms with Gasteiger partial charge in [0.15, 0.2) is 0 Å². The second kappa shape index (κ2) is 8.09. The van der Waals surface area contributed by atoms with Crippen molar-refractivity contribution >= 4 is 10.0 Å². The van der Waals surface area contributed by atoms with Crippen molar-refractivity contribution in [1.82, 2.24) is 14.9 Å². The molecular weight excluding hydrogens is 250 g/mol. The molecule has 1 aliphatic rings. The van der Waals surface area contributed by atoms with Crippen molar-refractivity contribution in [2.24, 2.45) is 0 Å². The third-order valence-electron chi connectivity index (χ3n) is 3.45. The molecule has 0 saturated carbocycles. The van der Waals surface area contributed by atoms with Gasteiger partial charge in [0.1, 0.15) is 0 Å². The summed E-state index contributed by atoms with van der Waals surface area (Å²) in [4.78, 5) is 2.35. The van der Waals surface area contributed by atoms with Gasteiger partial charge in [0.25, 0.3) is 0 Å². The normalized spacial score (nSPS) is 19.2. The van der Waals surface area contributed by atoms with Crippen molar-refractivity contribution in [2.45, 2.75) is 38.6 Å². The lowest BCUT2D eigenvalue weighted by atomic mass is 10.3. The van der Waals surface area contributed by atoms with Gasteiger partial charge >= 0.3 is 0 Å². The van der Waals surface area contributed by atoms with E-state index in [2.05, 4.69) is 21.9 Å².